The molecule has 1 N–H and O–H groups in total. The van der Waals surface area contributed by atoms with Crippen molar-refractivity contribution in [1.82, 2.24) is 0 Å². The predicted octanol–water partition coefficient (Wildman–Crippen LogP) is 4.41. The van der Waals surface area contributed by atoms with E-state index < -0.39 is 5.97 Å². The van der Waals surface area contributed by atoms with E-state index in [2.05, 4.69) is 32.9 Å². The highest BCUT2D eigenvalue weighted by Gasteiger charge is 2.16. The fraction of sp³-hybridized carbons (Fsp3) is 0.267. The van der Waals surface area contributed by atoms with Gasteiger partial charge in [0.2, 0.25) is 0 Å². The lowest BCUT2D eigenvalue weighted by molar-refractivity contribution is 0.0697. The molecule has 0 aliphatic carbocycles. The maximum Gasteiger partial charge on any atom is 0.335 e. The summed E-state index contributed by atoms with van der Waals surface area (Å²) in [6.45, 7) is 6.57. The lowest BCUT2D eigenvalue weighted by Crippen LogP contribution is -2.07. The monoisotopic (exact) mass is 260 g/mol. The number of rotatable bonds is 2. The molecule has 0 bridgehead atoms. The van der Waals surface area contributed by atoms with Crippen LogP contribution in [0, 0.1) is 0 Å². The van der Waals surface area contributed by atoms with Gasteiger partial charge in [0, 0.05) is 9.75 Å². The molecule has 2 nitrogen and oxygen atoms in total. The third-order valence-electron chi connectivity index (χ3n) is 2.76. The molecule has 0 aliphatic rings. The van der Waals surface area contributed by atoms with Gasteiger partial charge in [-0.2, -0.15) is 0 Å². The molecule has 2 aromatic rings. The topological polar surface area (TPSA) is 37.3 Å². The van der Waals surface area contributed by atoms with Crippen LogP contribution < -0.4 is 0 Å². The Kier molecular flexibility index (Phi) is 3.26. The Morgan fingerprint density at radius 3 is 2.11 bits per heavy atom. The molecule has 18 heavy (non-hydrogen) atoms. The van der Waals surface area contributed by atoms with E-state index in [1.807, 2.05) is 12.1 Å². The van der Waals surface area contributed by atoms with Crippen molar-refractivity contribution in [3.63, 3.8) is 0 Å². The largest absolute Gasteiger partial charge is 0.478 e. The Morgan fingerprint density at radius 2 is 1.67 bits per heavy atom. The van der Waals surface area contributed by atoms with E-state index in [0.29, 0.717) is 5.56 Å². The first-order valence-corrected chi connectivity index (χ1v) is 6.63. The molecule has 94 valence electrons. The average Bonchev–Trinajstić information content (AvgIpc) is 2.78. The second kappa shape index (κ2) is 4.58. The summed E-state index contributed by atoms with van der Waals surface area (Å²) in [6, 6.07) is 11.3. The van der Waals surface area contributed by atoms with Crippen LogP contribution in [0.25, 0.3) is 10.4 Å². The van der Waals surface area contributed by atoms with E-state index in [0.717, 1.165) is 5.56 Å². The van der Waals surface area contributed by atoms with Gasteiger partial charge in [0.05, 0.1) is 5.56 Å². The third-order valence-corrected chi connectivity index (χ3v) is 4.32. The fourth-order valence-electron chi connectivity index (χ4n) is 1.67. The van der Waals surface area contributed by atoms with Crippen LogP contribution in [0.3, 0.4) is 0 Å². The molecule has 0 fully saturated rings. The summed E-state index contributed by atoms with van der Waals surface area (Å²) in [7, 11) is 0. The van der Waals surface area contributed by atoms with Gasteiger partial charge in [0.1, 0.15) is 0 Å². The maximum atomic E-state index is 10.8. The number of hydrogen-bond donors (Lipinski definition) is 1. The lowest BCUT2D eigenvalue weighted by Gasteiger charge is -2.15. The van der Waals surface area contributed by atoms with Crippen LogP contribution in [-0.2, 0) is 5.41 Å². The van der Waals surface area contributed by atoms with Crippen LogP contribution in [0.5, 0.6) is 0 Å². The van der Waals surface area contributed by atoms with Crippen LogP contribution >= 0.6 is 11.3 Å². The zero-order valence-corrected chi connectivity index (χ0v) is 11.5. The van der Waals surface area contributed by atoms with Crippen molar-refractivity contribution in [2.45, 2.75) is 26.2 Å². The minimum absolute atomic E-state index is 0.157. The molecule has 0 saturated heterocycles. The summed E-state index contributed by atoms with van der Waals surface area (Å²) in [4.78, 5) is 13.3. The molecular weight excluding hydrogens is 244 g/mol. The number of carboxylic acids is 1. The molecule has 1 aromatic carbocycles. The van der Waals surface area contributed by atoms with Crippen LogP contribution in [0.15, 0.2) is 36.4 Å². The molecule has 0 spiro atoms. The summed E-state index contributed by atoms with van der Waals surface area (Å²) in [6.07, 6.45) is 0. The third kappa shape index (κ3) is 2.62. The van der Waals surface area contributed by atoms with Gasteiger partial charge in [0.25, 0.3) is 0 Å². The molecule has 0 unspecified atom stereocenters. The van der Waals surface area contributed by atoms with Crippen LogP contribution in [0.1, 0.15) is 36.0 Å². The number of aromatic carboxylic acids is 1. The van der Waals surface area contributed by atoms with E-state index in [4.69, 9.17) is 5.11 Å². The number of thiophene rings is 1. The van der Waals surface area contributed by atoms with Crippen molar-refractivity contribution in [1.29, 1.82) is 0 Å². The second-order valence-corrected chi connectivity index (χ2v) is 6.38. The zero-order valence-electron chi connectivity index (χ0n) is 10.7. The number of benzene rings is 1. The fourth-order valence-corrected chi connectivity index (χ4v) is 2.74. The van der Waals surface area contributed by atoms with Gasteiger partial charge in [-0.15, -0.1) is 11.3 Å². The highest BCUT2D eigenvalue weighted by molar-refractivity contribution is 7.15. The summed E-state index contributed by atoms with van der Waals surface area (Å²) < 4.78 is 0. The van der Waals surface area contributed by atoms with E-state index >= 15 is 0 Å². The van der Waals surface area contributed by atoms with Crippen LogP contribution in [-0.4, -0.2) is 11.1 Å². The smallest absolute Gasteiger partial charge is 0.335 e. The quantitative estimate of drug-likeness (QED) is 0.868. The number of hydrogen-bond acceptors (Lipinski definition) is 2. The Hall–Kier alpha value is -1.61. The number of carbonyl (C=O) groups is 1. The van der Waals surface area contributed by atoms with Crippen molar-refractivity contribution in [3.8, 4) is 10.4 Å². The molecular formula is C15H16O2S. The molecule has 1 heterocycles. The SMILES string of the molecule is CC(C)(C)c1ccc(-c2ccc(C(=O)O)cc2)s1. The standard InChI is InChI=1S/C15H16O2S/c1-15(2,3)13-9-8-12(18-13)10-4-6-11(7-5-10)14(16)17/h4-9H,1-3H3,(H,16,17). The molecule has 0 aliphatic heterocycles. The van der Waals surface area contributed by atoms with Gasteiger partial charge in [-0.25, -0.2) is 4.79 Å². The second-order valence-electron chi connectivity index (χ2n) is 5.30. The molecule has 0 radical (unpaired) electrons. The molecule has 3 heteroatoms. The van der Waals surface area contributed by atoms with E-state index in [9.17, 15) is 4.79 Å². The molecule has 0 atom stereocenters. The van der Waals surface area contributed by atoms with Crippen molar-refractivity contribution < 1.29 is 9.90 Å². The van der Waals surface area contributed by atoms with Gasteiger partial charge in [-0.1, -0.05) is 32.9 Å². The summed E-state index contributed by atoms with van der Waals surface area (Å²) >= 11 is 1.76. The maximum absolute atomic E-state index is 10.8. The van der Waals surface area contributed by atoms with E-state index in [1.54, 1.807) is 23.5 Å². The van der Waals surface area contributed by atoms with Crippen molar-refractivity contribution in [3.05, 3.63) is 46.8 Å². The van der Waals surface area contributed by atoms with Gasteiger partial charge < -0.3 is 5.11 Å². The Morgan fingerprint density at radius 1 is 1.06 bits per heavy atom. The van der Waals surface area contributed by atoms with Crippen LogP contribution in [0.4, 0.5) is 0 Å². The summed E-state index contributed by atoms with van der Waals surface area (Å²) in [5.41, 5.74) is 1.55. The minimum Gasteiger partial charge on any atom is -0.478 e. The van der Waals surface area contributed by atoms with Crippen molar-refractivity contribution in [2.24, 2.45) is 0 Å². The van der Waals surface area contributed by atoms with Gasteiger partial charge in [0.15, 0.2) is 0 Å². The lowest BCUT2D eigenvalue weighted by atomic mass is 9.95. The minimum atomic E-state index is -0.886. The van der Waals surface area contributed by atoms with Gasteiger partial charge >= 0.3 is 5.97 Å². The highest BCUT2D eigenvalue weighted by atomic mass is 32.1. The predicted molar refractivity (Wildman–Crippen MR) is 75.4 cm³/mol. The molecule has 0 amide bonds. The van der Waals surface area contributed by atoms with Crippen LogP contribution in [0.2, 0.25) is 0 Å². The molecule has 0 saturated carbocycles. The van der Waals surface area contributed by atoms with Crippen molar-refractivity contribution in [2.75, 3.05) is 0 Å². The average molecular weight is 260 g/mol. The highest BCUT2D eigenvalue weighted by Crippen LogP contribution is 2.34. The zero-order chi connectivity index (χ0) is 13.3. The number of carboxylic acid groups (broad SMARTS) is 1. The Balaban J connectivity index is 2.32. The summed E-state index contributed by atoms with van der Waals surface area (Å²) in [5.74, 6) is -0.886. The van der Waals surface area contributed by atoms with E-state index in [1.165, 1.54) is 9.75 Å². The first-order chi connectivity index (χ1) is 8.38. The Bertz CT molecular complexity index is 559. The first-order valence-electron chi connectivity index (χ1n) is 5.82. The van der Waals surface area contributed by atoms with Gasteiger partial charge in [-0.05, 0) is 35.2 Å². The Labute approximate surface area is 111 Å². The first kappa shape index (κ1) is 12.8. The normalized spacial score (nSPS) is 11.5. The van der Waals surface area contributed by atoms with Crippen molar-refractivity contribution >= 4 is 17.3 Å². The molecule has 2 rings (SSSR count). The molecule has 1 aromatic heterocycles. The van der Waals surface area contributed by atoms with E-state index in [-0.39, 0.29) is 5.41 Å². The summed E-state index contributed by atoms with van der Waals surface area (Å²) in [5, 5.41) is 8.86. The van der Waals surface area contributed by atoms with Gasteiger partial charge in [-0.3, -0.25) is 0 Å².